The minimum atomic E-state index is -1.17. The molecule has 0 atom stereocenters. The maximum absolute atomic E-state index is 12.8. The molecule has 21 heavy (non-hydrogen) atoms. The van der Waals surface area contributed by atoms with Crippen LogP contribution in [0.1, 0.15) is 19.4 Å². The van der Waals surface area contributed by atoms with Crippen molar-refractivity contribution in [1.29, 1.82) is 0 Å². The van der Waals surface area contributed by atoms with Crippen LogP contribution in [-0.4, -0.2) is 21.4 Å². The summed E-state index contributed by atoms with van der Waals surface area (Å²) >= 11 is 0. The fraction of sp³-hybridized carbons (Fsp3) is 0.333. The number of hydrogen-bond acceptors (Lipinski definition) is 4. The van der Waals surface area contributed by atoms with Gasteiger partial charge in [-0.05, 0) is 38.1 Å². The zero-order valence-electron chi connectivity index (χ0n) is 12.2. The smallest absolute Gasteiger partial charge is 0.350 e. The number of carbonyl (C=O) groups is 1. The highest BCUT2D eigenvalue weighted by Gasteiger charge is 2.32. The van der Waals surface area contributed by atoms with Gasteiger partial charge >= 0.3 is 5.97 Å². The van der Waals surface area contributed by atoms with Gasteiger partial charge in [-0.3, -0.25) is 4.68 Å². The normalized spacial score (nSPS) is 11.2. The molecule has 0 fully saturated rings. The van der Waals surface area contributed by atoms with Crippen LogP contribution < -0.4 is 4.74 Å². The first-order valence-electron chi connectivity index (χ1n) is 6.46. The predicted molar refractivity (Wildman–Crippen MR) is 74.1 cm³/mol. The van der Waals surface area contributed by atoms with Crippen molar-refractivity contribution in [1.82, 2.24) is 9.78 Å². The molecule has 5 nitrogen and oxygen atoms in total. The lowest BCUT2D eigenvalue weighted by Gasteiger charge is -2.24. The Hall–Kier alpha value is -2.37. The summed E-state index contributed by atoms with van der Waals surface area (Å²) in [5, 5.41) is 3.99. The number of aryl methyl sites for hydroxylation is 1. The van der Waals surface area contributed by atoms with Crippen LogP contribution in [0.5, 0.6) is 5.75 Å². The number of aromatic nitrogens is 2. The lowest BCUT2D eigenvalue weighted by atomic mass is 10.1. The molecule has 112 valence electrons. The fourth-order valence-electron chi connectivity index (χ4n) is 1.71. The molecule has 1 aromatic carbocycles. The second-order valence-electron chi connectivity index (χ2n) is 5.16. The Morgan fingerprint density at radius 2 is 2.00 bits per heavy atom. The van der Waals surface area contributed by atoms with E-state index in [-0.39, 0.29) is 12.4 Å². The largest absolute Gasteiger partial charge is 0.476 e. The van der Waals surface area contributed by atoms with Gasteiger partial charge in [-0.15, -0.1) is 0 Å². The van der Waals surface area contributed by atoms with Crippen molar-refractivity contribution < 1.29 is 18.7 Å². The van der Waals surface area contributed by atoms with E-state index in [1.807, 2.05) is 0 Å². The molecule has 0 bridgehead atoms. The van der Waals surface area contributed by atoms with Gasteiger partial charge in [0.25, 0.3) is 0 Å². The lowest BCUT2D eigenvalue weighted by molar-refractivity contribution is -0.160. The van der Waals surface area contributed by atoms with Crippen LogP contribution in [0.15, 0.2) is 36.7 Å². The van der Waals surface area contributed by atoms with Crippen molar-refractivity contribution in [2.24, 2.45) is 7.05 Å². The Morgan fingerprint density at radius 3 is 2.57 bits per heavy atom. The van der Waals surface area contributed by atoms with E-state index < -0.39 is 11.6 Å². The number of benzene rings is 1. The van der Waals surface area contributed by atoms with Gasteiger partial charge in [-0.1, -0.05) is 0 Å². The first-order valence-corrected chi connectivity index (χ1v) is 6.46. The summed E-state index contributed by atoms with van der Waals surface area (Å²) in [4.78, 5) is 12.1. The van der Waals surface area contributed by atoms with Gasteiger partial charge in [0.1, 0.15) is 18.2 Å². The molecular weight excluding hydrogens is 275 g/mol. The zero-order chi connectivity index (χ0) is 15.5. The van der Waals surface area contributed by atoms with E-state index in [1.165, 1.54) is 24.3 Å². The summed E-state index contributed by atoms with van der Waals surface area (Å²) in [5.41, 5.74) is -0.372. The van der Waals surface area contributed by atoms with Crippen molar-refractivity contribution in [2.45, 2.75) is 26.1 Å². The highest BCUT2D eigenvalue weighted by Crippen LogP contribution is 2.20. The third kappa shape index (κ3) is 4.05. The topological polar surface area (TPSA) is 53.4 Å². The van der Waals surface area contributed by atoms with Crippen LogP contribution in [0.2, 0.25) is 0 Å². The van der Waals surface area contributed by atoms with Gasteiger partial charge in [-0.2, -0.15) is 5.10 Å². The van der Waals surface area contributed by atoms with Crippen LogP contribution in [0, 0.1) is 5.82 Å². The van der Waals surface area contributed by atoms with E-state index in [1.54, 1.807) is 38.0 Å². The molecule has 0 aliphatic heterocycles. The van der Waals surface area contributed by atoms with E-state index in [4.69, 9.17) is 9.47 Å². The average Bonchev–Trinajstić information content (AvgIpc) is 2.84. The zero-order valence-corrected chi connectivity index (χ0v) is 12.2. The number of carbonyl (C=O) groups excluding carboxylic acids is 1. The Labute approximate surface area is 122 Å². The van der Waals surface area contributed by atoms with E-state index in [0.717, 1.165) is 5.56 Å². The summed E-state index contributed by atoms with van der Waals surface area (Å²) < 4.78 is 25.2. The van der Waals surface area contributed by atoms with Crippen LogP contribution in [0.25, 0.3) is 0 Å². The van der Waals surface area contributed by atoms with Crippen LogP contribution in [0.3, 0.4) is 0 Å². The molecule has 0 radical (unpaired) electrons. The summed E-state index contributed by atoms with van der Waals surface area (Å²) in [6.45, 7) is 3.33. The van der Waals surface area contributed by atoms with E-state index in [2.05, 4.69) is 5.10 Å². The number of ether oxygens (including phenoxy) is 2. The van der Waals surface area contributed by atoms with Crippen LogP contribution in [-0.2, 0) is 23.2 Å². The maximum atomic E-state index is 12.8. The molecule has 0 N–H and O–H groups in total. The van der Waals surface area contributed by atoms with Crippen molar-refractivity contribution >= 4 is 5.97 Å². The van der Waals surface area contributed by atoms with Gasteiger partial charge in [-0.25, -0.2) is 9.18 Å². The van der Waals surface area contributed by atoms with Gasteiger partial charge in [0.05, 0.1) is 6.20 Å². The molecule has 1 heterocycles. The molecule has 0 aliphatic rings. The van der Waals surface area contributed by atoms with Gasteiger partial charge < -0.3 is 9.47 Å². The fourth-order valence-corrected chi connectivity index (χ4v) is 1.71. The molecule has 0 aliphatic carbocycles. The summed E-state index contributed by atoms with van der Waals surface area (Å²) in [5.74, 6) is -0.463. The van der Waals surface area contributed by atoms with Gasteiger partial charge in [0.15, 0.2) is 5.60 Å². The quantitative estimate of drug-likeness (QED) is 0.794. The van der Waals surface area contributed by atoms with Crippen molar-refractivity contribution in [2.75, 3.05) is 0 Å². The van der Waals surface area contributed by atoms with Crippen LogP contribution >= 0.6 is 0 Å². The standard InChI is InChI=1S/C15H17FN2O3/c1-15(2,21-13-6-4-12(16)5-7-13)14(19)20-10-11-8-17-18(3)9-11/h4-9H,10H2,1-3H3. The molecule has 0 unspecified atom stereocenters. The van der Waals surface area contributed by atoms with E-state index >= 15 is 0 Å². The van der Waals surface area contributed by atoms with E-state index in [9.17, 15) is 9.18 Å². The summed E-state index contributed by atoms with van der Waals surface area (Å²) in [7, 11) is 1.78. The second-order valence-corrected chi connectivity index (χ2v) is 5.16. The molecule has 0 amide bonds. The average molecular weight is 292 g/mol. The van der Waals surface area contributed by atoms with Gasteiger partial charge in [0, 0.05) is 18.8 Å². The van der Waals surface area contributed by atoms with Crippen molar-refractivity contribution in [3.8, 4) is 5.75 Å². The molecular formula is C15H17FN2O3. The Morgan fingerprint density at radius 1 is 1.33 bits per heavy atom. The first kappa shape index (κ1) is 15.0. The minimum absolute atomic E-state index is 0.128. The molecule has 2 rings (SSSR count). The van der Waals surface area contributed by atoms with Gasteiger partial charge in [0.2, 0.25) is 0 Å². The van der Waals surface area contributed by atoms with Crippen molar-refractivity contribution in [3.63, 3.8) is 0 Å². The number of halogens is 1. The third-order valence-corrected chi connectivity index (χ3v) is 2.81. The number of nitrogens with zero attached hydrogens (tertiary/aromatic N) is 2. The summed E-state index contributed by atoms with van der Waals surface area (Å²) in [6, 6.07) is 5.47. The molecule has 0 spiro atoms. The Balaban J connectivity index is 1.94. The van der Waals surface area contributed by atoms with E-state index in [0.29, 0.717) is 5.75 Å². The lowest BCUT2D eigenvalue weighted by Crippen LogP contribution is -2.39. The SMILES string of the molecule is Cn1cc(COC(=O)C(C)(C)Oc2ccc(F)cc2)cn1. The molecule has 1 aromatic heterocycles. The Kier molecular flexibility index (Phi) is 4.26. The predicted octanol–water partition coefficient (Wildman–Crippen LogP) is 2.46. The third-order valence-electron chi connectivity index (χ3n) is 2.81. The molecule has 0 saturated heterocycles. The first-order chi connectivity index (χ1) is 9.87. The summed E-state index contributed by atoms with van der Waals surface area (Å²) in [6.07, 6.45) is 3.39. The number of hydrogen-bond donors (Lipinski definition) is 0. The number of rotatable bonds is 5. The minimum Gasteiger partial charge on any atom is -0.476 e. The maximum Gasteiger partial charge on any atom is 0.350 e. The highest BCUT2D eigenvalue weighted by molar-refractivity contribution is 5.79. The molecule has 2 aromatic rings. The number of esters is 1. The molecule has 6 heteroatoms. The highest BCUT2D eigenvalue weighted by atomic mass is 19.1. The van der Waals surface area contributed by atoms with Crippen molar-refractivity contribution in [3.05, 3.63) is 48.0 Å². The van der Waals surface area contributed by atoms with Crippen LogP contribution in [0.4, 0.5) is 4.39 Å². The monoisotopic (exact) mass is 292 g/mol. The molecule has 0 saturated carbocycles. The Bertz CT molecular complexity index is 620. The second kappa shape index (κ2) is 5.95.